The quantitative estimate of drug-likeness (QED) is 0.338. The van der Waals surface area contributed by atoms with Gasteiger partial charge in [0.2, 0.25) is 11.1 Å². The Bertz CT molecular complexity index is 1270. The minimum Gasteiger partial charge on any atom is -0.496 e. The number of rotatable bonds is 7. The van der Waals surface area contributed by atoms with Crippen molar-refractivity contribution in [2.75, 3.05) is 25.3 Å². The molecule has 0 saturated carbocycles. The van der Waals surface area contributed by atoms with E-state index in [9.17, 15) is 9.59 Å². The van der Waals surface area contributed by atoms with Crippen molar-refractivity contribution in [3.05, 3.63) is 66.2 Å². The Balaban J connectivity index is 1.46. The molecule has 0 saturated heterocycles. The number of ether oxygens (including phenoxy) is 2. The van der Waals surface area contributed by atoms with Crippen LogP contribution in [0.15, 0.2) is 65.8 Å². The van der Waals surface area contributed by atoms with Crippen LogP contribution in [0.3, 0.4) is 0 Å². The van der Waals surface area contributed by atoms with Crippen LogP contribution in [0.5, 0.6) is 5.75 Å². The number of carbonyl (C=O) groups excluding carboxylic acids is 2. The van der Waals surface area contributed by atoms with Crippen molar-refractivity contribution in [2.45, 2.75) is 5.16 Å². The lowest BCUT2D eigenvalue weighted by molar-refractivity contribution is -0.113. The molecule has 0 unspecified atom stereocenters. The second-order valence-electron chi connectivity index (χ2n) is 6.58. The topological polar surface area (TPSA) is 108 Å². The number of aromatic nitrogens is 4. The highest BCUT2D eigenvalue weighted by molar-refractivity contribution is 7.99. The monoisotopic (exact) mass is 449 g/mol. The Kier molecular flexibility index (Phi) is 6.31. The van der Waals surface area contributed by atoms with E-state index in [4.69, 9.17) is 4.74 Å². The third kappa shape index (κ3) is 4.54. The lowest BCUT2D eigenvalue weighted by Crippen LogP contribution is -2.14. The Morgan fingerprint density at radius 2 is 1.78 bits per heavy atom. The molecular weight excluding hydrogens is 430 g/mol. The number of esters is 1. The highest BCUT2D eigenvalue weighted by atomic mass is 32.2. The van der Waals surface area contributed by atoms with E-state index >= 15 is 0 Å². The molecule has 2 aromatic heterocycles. The van der Waals surface area contributed by atoms with Crippen molar-refractivity contribution in [1.82, 2.24) is 19.8 Å². The molecule has 0 bridgehead atoms. The number of nitrogens with zero attached hydrogens (tertiary/aromatic N) is 4. The van der Waals surface area contributed by atoms with Gasteiger partial charge in [0.25, 0.3) is 0 Å². The number of anilines is 1. The zero-order valence-corrected chi connectivity index (χ0v) is 18.1. The zero-order valence-electron chi connectivity index (χ0n) is 17.3. The van der Waals surface area contributed by atoms with Crippen molar-refractivity contribution in [2.24, 2.45) is 0 Å². The number of fused-ring (bicyclic) bond motifs is 1. The van der Waals surface area contributed by atoms with E-state index in [2.05, 4.69) is 25.3 Å². The number of para-hydroxylation sites is 1. The molecule has 0 aliphatic rings. The van der Waals surface area contributed by atoms with Gasteiger partial charge in [0.15, 0.2) is 5.65 Å². The molecule has 2 aromatic carbocycles. The first kappa shape index (κ1) is 21.3. The lowest BCUT2D eigenvalue weighted by Gasteiger charge is -2.08. The van der Waals surface area contributed by atoms with Crippen LogP contribution < -0.4 is 10.1 Å². The normalized spacial score (nSPS) is 10.7. The summed E-state index contributed by atoms with van der Waals surface area (Å²) in [6.45, 7) is 0. The van der Waals surface area contributed by atoms with Crippen molar-refractivity contribution in [1.29, 1.82) is 0 Å². The van der Waals surface area contributed by atoms with Gasteiger partial charge in [-0.25, -0.2) is 4.79 Å². The number of carbonyl (C=O) groups is 2. The van der Waals surface area contributed by atoms with E-state index in [1.165, 1.54) is 18.9 Å². The molecule has 0 aliphatic heterocycles. The maximum atomic E-state index is 12.4. The van der Waals surface area contributed by atoms with Crippen molar-refractivity contribution < 1.29 is 19.1 Å². The summed E-state index contributed by atoms with van der Waals surface area (Å²) in [7, 11) is 2.93. The predicted molar refractivity (Wildman–Crippen MR) is 120 cm³/mol. The zero-order chi connectivity index (χ0) is 22.5. The molecule has 0 spiro atoms. The molecule has 2 heterocycles. The fraction of sp³-hybridized carbons (Fsp3) is 0.136. The lowest BCUT2D eigenvalue weighted by atomic mass is 10.1. The summed E-state index contributed by atoms with van der Waals surface area (Å²) >= 11 is 1.22. The predicted octanol–water partition coefficient (Wildman–Crippen LogP) is 3.32. The van der Waals surface area contributed by atoms with Crippen LogP contribution >= 0.6 is 11.8 Å². The molecule has 1 N–H and O–H groups in total. The summed E-state index contributed by atoms with van der Waals surface area (Å²) in [6, 6.07) is 17.7. The number of amides is 1. The van der Waals surface area contributed by atoms with E-state index in [1.54, 1.807) is 35.9 Å². The Morgan fingerprint density at radius 3 is 2.53 bits per heavy atom. The van der Waals surface area contributed by atoms with E-state index in [1.807, 2.05) is 36.4 Å². The maximum Gasteiger partial charge on any atom is 0.337 e. The second-order valence-corrected chi connectivity index (χ2v) is 7.52. The number of benzene rings is 2. The van der Waals surface area contributed by atoms with Crippen LogP contribution in [0.25, 0.3) is 16.9 Å². The van der Waals surface area contributed by atoms with Crippen LogP contribution in [-0.2, 0) is 9.53 Å². The summed E-state index contributed by atoms with van der Waals surface area (Å²) in [4.78, 5) is 23.9. The standard InChI is InChI=1S/C22H19N5O4S/c1-30-18-6-4-3-5-16(18)17-11-12-19-24-25-22(27(19)26-17)32-13-20(28)23-15-9-7-14(8-10-15)21(29)31-2/h3-12H,13H2,1-2H3,(H,23,28). The molecular formula is C22H19N5O4S. The van der Waals surface area contributed by atoms with Gasteiger partial charge in [-0.3, -0.25) is 4.79 Å². The summed E-state index contributed by atoms with van der Waals surface area (Å²) < 4.78 is 11.7. The summed E-state index contributed by atoms with van der Waals surface area (Å²) in [5.41, 5.74) is 3.10. The smallest absolute Gasteiger partial charge is 0.337 e. The van der Waals surface area contributed by atoms with E-state index < -0.39 is 5.97 Å². The van der Waals surface area contributed by atoms with Crippen molar-refractivity contribution >= 4 is 35.0 Å². The molecule has 32 heavy (non-hydrogen) atoms. The molecule has 162 valence electrons. The molecule has 10 heteroatoms. The Labute approximate surface area is 187 Å². The summed E-state index contributed by atoms with van der Waals surface area (Å²) in [5.74, 6) is 0.162. The van der Waals surface area contributed by atoms with Gasteiger partial charge in [-0.2, -0.15) is 9.61 Å². The van der Waals surface area contributed by atoms with Gasteiger partial charge >= 0.3 is 5.97 Å². The molecule has 9 nitrogen and oxygen atoms in total. The molecule has 4 aromatic rings. The minimum atomic E-state index is -0.433. The highest BCUT2D eigenvalue weighted by Gasteiger charge is 2.14. The first-order valence-corrected chi connectivity index (χ1v) is 10.5. The fourth-order valence-corrected chi connectivity index (χ4v) is 3.68. The second kappa shape index (κ2) is 9.48. The SMILES string of the molecule is COC(=O)c1ccc(NC(=O)CSc2nnc3ccc(-c4ccccc4OC)nn23)cc1. The number of thioether (sulfide) groups is 1. The third-order valence-electron chi connectivity index (χ3n) is 4.54. The molecule has 4 rings (SSSR count). The van der Waals surface area contributed by atoms with Crippen LogP contribution in [-0.4, -0.2) is 51.7 Å². The molecule has 0 aliphatic carbocycles. The van der Waals surface area contributed by atoms with Gasteiger partial charge in [-0.05, 0) is 48.5 Å². The van der Waals surface area contributed by atoms with Gasteiger partial charge in [0.05, 0.1) is 31.2 Å². The van der Waals surface area contributed by atoms with Crippen molar-refractivity contribution in [3.63, 3.8) is 0 Å². The molecule has 0 fully saturated rings. The van der Waals surface area contributed by atoms with Crippen LogP contribution in [0.2, 0.25) is 0 Å². The minimum absolute atomic E-state index is 0.111. The maximum absolute atomic E-state index is 12.4. The Morgan fingerprint density at radius 1 is 1.00 bits per heavy atom. The van der Waals surface area contributed by atoms with Crippen molar-refractivity contribution in [3.8, 4) is 17.0 Å². The average Bonchev–Trinajstić information content (AvgIpc) is 3.25. The number of hydrogen-bond acceptors (Lipinski definition) is 8. The number of nitrogens with one attached hydrogen (secondary N) is 1. The van der Waals surface area contributed by atoms with Gasteiger partial charge in [0, 0.05) is 11.3 Å². The van der Waals surface area contributed by atoms with Crippen LogP contribution in [0.1, 0.15) is 10.4 Å². The highest BCUT2D eigenvalue weighted by Crippen LogP contribution is 2.28. The van der Waals surface area contributed by atoms with E-state index in [0.717, 1.165) is 5.56 Å². The fourth-order valence-electron chi connectivity index (χ4n) is 2.99. The van der Waals surface area contributed by atoms with E-state index in [0.29, 0.717) is 33.5 Å². The first-order chi connectivity index (χ1) is 15.6. The number of hydrogen-bond donors (Lipinski definition) is 1. The first-order valence-electron chi connectivity index (χ1n) is 9.56. The van der Waals surface area contributed by atoms with Gasteiger partial charge in [-0.15, -0.1) is 10.2 Å². The molecule has 1 amide bonds. The molecule has 0 atom stereocenters. The van der Waals surface area contributed by atoms with Crippen LogP contribution in [0.4, 0.5) is 5.69 Å². The average molecular weight is 449 g/mol. The van der Waals surface area contributed by atoms with Crippen LogP contribution in [0, 0.1) is 0 Å². The van der Waals surface area contributed by atoms with Gasteiger partial charge in [0.1, 0.15) is 5.75 Å². The summed E-state index contributed by atoms with van der Waals surface area (Å²) in [6.07, 6.45) is 0. The third-order valence-corrected chi connectivity index (χ3v) is 5.46. The summed E-state index contributed by atoms with van der Waals surface area (Å²) in [5, 5.41) is 16.2. The Hall–Kier alpha value is -3.92. The molecule has 0 radical (unpaired) electrons. The largest absolute Gasteiger partial charge is 0.496 e. The van der Waals surface area contributed by atoms with E-state index in [-0.39, 0.29) is 11.7 Å². The number of methoxy groups -OCH3 is 2. The van der Waals surface area contributed by atoms with Gasteiger partial charge in [-0.1, -0.05) is 23.9 Å². The van der Waals surface area contributed by atoms with Gasteiger partial charge < -0.3 is 14.8 Å².